The second-order valence-electron chi connectivity index (χ2n) is 18.6. The lowest BCUT2D eigenvalue weighted by Crippen LogP contribution is -2.51. The number of hydrogen-bond acceptors (Lipinski definition) is 9. The third-order valence-corrected chi connectivity index (χ3v) is 14.4. The first-order chi connectivity index (χ1) is 30.2. The molecule has 0 saturated carbocycles. The molecule has 0 bridgehead atoms. The zero-order valence-electron chi connectivity index (χ0n) is 37.7. The van der Waals surface area contributed by atoms with E-state index in [0.717, 1.165) is 141 Å². The number of nitrogen functional groups attached to an aromatic ring is 1. The predicted molar refractivity (Wildman–Crippen MR) is 243 cm³/mol. The lowest BCUT2D eigenvalue weighted by molar-refractivity contribution is -0.384. The van der Waals surface area contributed by atoms with Crippen molar-refractivity contribution in [3.63, 3.8) is 0 Å². The molecule has 0 spiro atoms. The molecule has 2 atom stereocenters. The van der Waals surface area contributed by atoms with Crippen LogP contribution in [0.1, 0.15) is 87.5 Å². The molecule has 2 aliphatic carbocycles. The highest BCUT2D eigenvalue weighted by molar-refractivity contribution is 5.75. The molecule has 6 aliphatic rings. The van der Waals surface area contributed by atoms with E-state index in [1.54, 1.807) is 12.1 Å². The first kappa shape index (κ1) is 46.0. The van der Waals surface area contributed by atoms with Crippen LogP contribution >= 0.6 is 0 Å². The van der Waals surface area contributed by atoms with Gasteiger partial charge in [-0.3, -0.25) is 19.9 Å². The molecular weight excluding hydrogens is 785 g/mol. The Morgan fingerprint density at radius 2 is 1.05 bits per heavy atom. The summed E-state index contributed by atoms with van der Waals surface area (Å²) in [5, 5.41) is 11.2. The van der Waals surface area contributed by atoms with Crippen LogP contribution in [0.3, 0.4) is 0 Å². The van der Waals surface area contributed by atoms with Gasteiger partial charge in [0.2, 0.25) is 0 Å². The van der Waals surface area contributed by atoms with Crippen molar-refractivity contribution in [2.24, 2.45) is 11.8 Å². The van der Waals surface area contributed by atoms with Crippen molar-refractivity contribution < 1.29 is 24.0 Å². The number of urea groups is 2. The Morgan fingerprint density at radius 1 is 0.629 bits per heavy atom. The topological polar surface area (TPSA) is 141 Å². The van der Waals surface area contributed by atoms with E-state index in [2.05, 4.69) is 40.7 Å². The molecule has 0 aromatic heterocycles. The monoisotopic (exact) mass is 859 g/mol. The number of fused-ring (bicyclic) bond motifs is 2. The quantitative estimate of drug-likeness (QED) is 0.156. The van der Waals surface area contributed by atoms with Crippen molar-refractivity contribution in [2.75, 3.05) is 111 Å². The number of benzene rings is 2. The molecule has 2 aromatic rings. The number of nitrogens with zero attached hydrogens (tertiary/aromatic N) is 7. The number of piperidine rings is 2. The molecule has 4 heterocycles. The van der Waals surface area contributed by atoms with Crippen LogP contribution in [0.4, 0.5) is 21.0 Å². The average molecular weight is 859 g/mol. The average Bonchev–Trinajstić information content (AvgIpc) is 3.31. The van der Waals surface area contributed by atoms with Gasteiger partial charge in [0.15, 0.2) is 0 Å². The van der Waals surface area contributed by atoms with Crippen LogP contribution in [0.25, 0.3) is 0 Å². The zero-order chi connectivity index (χ0) is 43.4. The number of hydrogen-bond donors (Lipinski definition) is 1. The highest BCUT2D eigenvalue weighted by Gasteiger charge is 2.33. The standard InChI is InChI=1S/C24H36N4O4.C24H38N4O2/c1-2-9-27(22-5-3-20-4-6-23(28(30)31)17-21(20)16-22)18-19-7-10-25(11-8-19)24(29)26-12-14-32-15-13-26;1-2-9-28(23-6-4-20-3-5-22(25)16-21(20)17-23)18-19-7-10-26(11-8-19)24(29)27-12-14-30-15-13-27/h4,6,17,19,22H,2-3,5,7-16,18H2,1H3;3,5,16,19,23H,2,4,6-15,17-18,25H2,1H3. The van der Waals surface area contributed by atoms with Gasteiger partial charge in [-0.15, -0.1) is 0 Å². The number of carbonyl (C=O) groups excluding carboxylic acids is 2. The number of ether oxygens (including phenoxy) is 2. The molecule has 62 heavy (non-hydrogen) atoms. The smallest absolute Gasteiger partial charge is 0.320 e. The first-order valence-corrected chi connectivity index (χ1v) is 24.0. The van der Waals surface area contributed by atoms with Gasteiger partial charge < -0.3 is 34.8 Å². The minimum absolute atomic E-state index is 0.169. The van der Waals surface area contributed by atoms with E-state index in [-0.39, 0.29) is 22.7 Å². The number of non-ortho nitro benzene ring substituents is 1. The van der Waals surface area contributed by atoms with Crippen molar-refractivity contribution >= 4 is 23.4 Å². The molecule has 4 saturated heterocycles. The fourth-order valence-electron chi connectivity index (χ4n) is 10.8. The summed E-state index contributed by atoms with van der Waals surface area (Å²) < 4.78 is 10.7. The molecule has 2 N–H and O–H groups in total. The second kappa shape index (κ2) is 22.6. The first-order valence-electron chi connectivity index (χ1n) is 24.0. The Morgan fingerprint density at radius 3 is 1.48 bits per heavy atom. The lowest BCUT2D eigenvalue weighted by Gasteiger charge is -2.41. The Balaban J connectivity index is 0.000000187. The summed E-state index contributed by atoms with van der Waals surface area (Å²) in [6, 6.07) is 13.2. The minimum Gasteiger partial charge on any atom is -0.399 e. The fourth-order valence-corrected chi connectivity index (χ4v) is 10.8. The van der Waals surface area contributed by atoms with Crippen molar-refractivity contribution in [1.82, 2.24) is 29.4 Å². The number of amides is 4. The Bertz CT molecular complexity index is 1770. The van der Waals surface area contributed by atoms with Gasteiger partial charge in [-0.25, -0.2) is 9.59 Å². The molecule has 4 amide bonds. The molecule has 14 nitrogen and oxygen atoms in total. The van der Waals surface area contributed by atoms with Gasteiger partial charge in [0, 0.05) is 95.4 Å². The van der Waals surface area contributed by atoms with Gasteiger partial charge >= 0.3 is 12.1 Å². The van der Waals surface area contributed by atoms with Gasteiger partial charge in [-0.05, 0) is 136 Å². The molecular formula is C48H74N8O6. The minimum atomic E-state index is -0.292. The van der Waals surface area contributed by atoms with Crippen molar-refractivity contribution in [1.29, 1.82) is 0 Å². The van der Waals surface area contributed by atoms with Crippen LogP contribution in [0.15, 0.2) is 36.4 Å². The molecule has 8 rings (SSSR count). The van der Waals surface area contributed by atoms with E-state index in [0.29, 0.717) is 63.4 Å². The molecule has 342 valence electrons. The maximum absolute atomic E-state index is 12.8. The molecule has 4 aliphatic heterocycles. The number of nitrogens with two attached hydrogens (primary N) is 1. The number of nitro benzene ring substituents is 1. The molecule has 2 aromatic carbocycles. The second-order valence-corrected chi connectivity index (χ2v) is 18.6. The number of carbonyl (C=O) groups is 2. The van der Waals surface area contributed by atoms with Crippen LogP contribution in [0.2, 0.25) is 0 Å². The van der Waals surface area contributed by atoms with E-state index in [9.17, 15) is 19.7 Å². The SMILES string of the molecule is CCCN(CC1CCN(C(=O)N2CCOCC2)CC1)C1CCc2ccc(N)cc2C1.CCCN(CC1CCN(C(=O)N2CCOCC2)CC1)C1CCc2ccc([N+](=O)[O-])cc2C1. The van der Waals surface area contributed by atoms with Crippen LogP contribution < -0.4 is 5.73 Å². The van der Waals surface area contributed by atoms with E-state index in [1.807, 2.05) is 26.8 Å². The fraction of sp³-hybridized carbons (Fsp3) is 0.708. The summed E-state index contributed by atoms with van der Waals surface area (Å²) in [5.74, 6) is 1.29. The predicted octanol–water partition coefficient (Wildman–Crippen LogP) is 6.33. The third kappa shape index (κ3) is 12.2. The molecule has 4 fully saturated rings. The van der Waals surface area contributed by atoms with Gasteiger partial charge in [-0.2, -0.15) is 0 Å². The number of rotatable bonds is 11. The van der Waals surface area contributed by atoms with Crippen molar-refractivity contribution in [3.8, 4) is 0 Å². The largest absolute Gasteiger partial charge is 0.399 e. The summed E-state index contributed by atoms with van der Waals surface area (Å²) in [5.41, 5.74) is 12.5. The normalized spacial score (nSPS) is 22.5. The van der Waals surface area contributed by atoms with Gasteiger partial charge in [0.25, 0.3) is 5.69 Å². The third-order valence-electron chi connectivity index (χ3n) is 14.4. The number of aryl methyl sites for hydroxylation is 2. The zero-order valence-corrected chi connectivity index (χ0v) is 37.7. The molecule has 0 radical (unpaired) electrons. The Kier molecular flexibility index (Phi) is 16.8. The van der Waals surface area contributed by atoms with Crippen molar-refractivity contribution in [3.05, 3.63) is 68.8 Å². The van der Waals surface area contributed by atoms with E-state index >= 15 is 0 Å². The summed E-state index contributed by atoms with van der Waals surface area (Å²) in [6.45, 7) is 17.9. The maximum Gasteiger partial charge on any atom is 0.320 e. The summed E-state index contributed by atoms with van der Waals surface area (Å²) in [7, 11) is 0. The van der Waals surface area contributed by atoms with Crippen LogP contribution in [-0.4, -0.2) is 163 Å². The van der Waals surface area contributed by atoms with E-state index in [4.69, 9.17) is 15.2 Å². The maximum atomic E-state index is 12.8. The van der Waals surface area contributed by atoms with Crippen LogP contribution in [0.5, 0.6) is 0 Å². The van der Waals surface area contributed by atoms with Gasteiger partial charge in [0.05, 0.1) is 31.4 Å². The van der Waals surface area contributed by atoms with Crippen LogP contribution in [-0.2, 0) is 35.2 Å². The molecule has 14 heteroatoms. The van der Waals surface area contributed by atoms with E-state index < -0.39 is 0 Å². The number of nitro groups is 1. The van der Waals surface area contributed by atoms with Gasteiger partial charge in [0.1, 0.15) is 0 Å². The van der Waals surface area contributed by atoms with Crippen molar-refractivity contribution in [2.45, 2.75) is 103 Å². The number of likely N-dealkylation sites (tertiary alicyclic amines) is 2. The lowest BCUT2D eigenvalue weighted by atomic mass is 9.86. The Labute approximate surface area is 370 Å². The van der Waals surface area contributed by atoms with Crippen LogP contribution in [0, 0.1) is 22.0 Å². The highest BCUT2D eigenvalue weighted by atomic mass is 16.6. The summed E-state index contributed by atoms with van der Waals surface area (Å²) >= 11 is 0. The highest BCUT2D eigenvalue weighted by Crippen LogP contribution is 2.31. The van der Waals surface area contributed by atoms with E-state index in [1.165, 1.54) is 29.5 Å². The number of morpholine rings is 2. The van der Waals surface area contributed by atoms with Gasteiger partial charge in [-0.1, -0.05) is 26.0 Å². The number of anilines is 1. The summed E-state index contributed by atoms with van der Waals surface area (Å²) in [4.78, 5) is 49.7. The summed E-state index contributed by atoms with van der Waals surface area (Å²) in [6.07, 6.45) is 13.1. The Hall–Kier alpha value is -3.98. The molecule has 2 unspecified atom stereocenters.